The first-order chi connectivity index (χ1) is 11.5. The molecule has 2 aromatic rings. The molecule has 122 valence electrons. The summed E-state index contributed by atoms with van der Waals surface area (Å²) >= 11 is 2.04. The SMILES string of the molecule is N#Cc1ccc(C(=O)N2CC(O)C2)c(Cc2ccc(I)cc2F)c1. The zero-order chi connectivity index (χ0) is 17.3. The highest BCUT2D eigenvalue weighted by atomic mass is 127. The second-order valence-corrected chi connectivity index (χ2v) is 7.01. The Morgan fingerprint density at radius 2 is 2.04 bits per heavy atom. The normalized spacial score (nSPS) is 14.2. The lowest BCUT2D eigenvalue weighted by molar-refractivity contribution is 0.00583. The highest BCUT2D eigenvalue weighted by Crippen LogP contribution is 2.23. The Balaban J connectivity index is 1.95. The van der Waals surface area contributed by atoms with Crippen molar-refractivity contribution in [1.82, 2.24) is 4.90 Å². The summed E-state index contributed by atoms with van der Waals surface area (Å²) in [6.45, 7) is 0.604. The van der Waals surface area contributed by atoms with Gasteiger partial charge in [0.05, 0.1) is 17.7 Å². The number of halogens is 2. The quantitative estimate of drug-likeness (QED) is 0.753. The van der Waals surface area contributed by atoms with Gasteiger partial charge in [-0.1, -0.05) is 6.07 Å². The molecule has 0 unspecified atom stereocenters. The first-order valence-electron chi connectivity index (χ1n) is 7.42. The number of β-amino-alcohol motifs (C(OH)–C–C–N with tert-alkyl or cyclic N) is 1. The van der Waals surface area contributed by atoms with Gasteiger partial charge < -0.3 is 10.0 Å². The van der Waals surface area contributed by atoms with E-state index in [1.807, 2.05) is 28.7 Å². The molecule has 3 rings (SSSR count). The van der Waals surface area contributed by atoms with Crippen LogP contribution in [0.5, 0.6) is 0 Å². The topological polar surface area (TPSA) is 64.3 Å². The number of hydrogen-bond donors (Lipinski definition) is 1. The number of hydrogen-bond acceptors (Lipinski definition) is 3. The number of benzene rings is 2. The molecule has 1 N–H and O–H groups in total. The predicted octanol–water partition coefficient (Wildman–Crippen LogP) is 2.71. The molecular weight excluding hydrogens is 422 g/mol. The smallest absolute Gasteiger partial charge is 0.254 e. The van der Waals surface area contributed by atoms with Crippen molar-refractivity contribution < 1.29 is 14.3 Å². The monoisotopic (exact) mass is 436 g/mol. The van der Waals surface area contributed by atoms with Crippen LogP contribution < -0.4 is 0 Å². The summed E-state index contributed by atoms with van der Waals surface area (Å²) in [6, 6.07) is 11.8. The molecule has 0 bridgehead atoms. The number of carbonyl (C=O) groups is 1. The molecule has 0 aliphatic carbocycles. The molecule has 1 heterocycles. The zero-order valence-corrected chi connectivity index (χ0v) is 14.8. The summed E-state index contributed by atoms with van der Waals surface area (Å²) in [6.07, 6.45) is -0.250. The zero-order valence-electron chi connectivity index (χ0n) is 12.7. The molecule has 0 spiro atoms. The largest absolute Gasteiger partial charge is 0.389 e. The summed E-state index contributed by atoms with van der Waals surface area (Å²) in [5, 5.41) is 18.5. The molecule has 0 saturated carbocycles. The number of rotatable bonds is 3. The molecule has 1 aliphatic rings. The maximum atomic E-state index is 14.1. The molecule has 2 aromatic carbocycles. The fourth-order valence-electron chi connectivity index (χ4n) is 2.68. The minimum absolute atomic E-state index is 0.203. The molecule has 4 nitrogen and oxygen atoms in total. The van der Waals surface area contributed by atoms with Gasteiger partial charge in [-0.3, -0.25) is 4.79 Å². The van der Waals surface area contributed by atoms with Gasteiger partial charge in [-0.05, 0) is 64.0 Å². The Labute approximate surface area is 152 Å². The third-order valence-electron chi connectivity index (χ3n) is 4.01. The van der Waals surface area contributed by atoms with E-state index in [0.29, 0.717) is 35.3 Å². The first kappa shape index (κ1) is 16.9. The molecule has 0 radical (unpaired) electrons. The number of amides is 1. The van der Waals surface area contributed by atoms with Crippen molar-refractivity contribution in [2.24, 2.45) is 0 Å². The maximum Gasteiger partial charge on any atom is 0.254 e. The fourth-order valence-corrected chi connectivity index (χ4v) is 3.13. The van der Waals surface area contributed by atoms with Gasteiger partial charge in [-0.25, -0.2) is 4.39 Å². The van der Waals surface area contributed by atoms with Gasteiger partial charge in [0, 0.05) is 28.6 Å². The minimum atomic E-state index is -0.482. The van der Waals surface area contributed by atoms with Crippen LogP contribution in [0.4, 0.5) is 4.39 Å². The standard InChI is InChI=1S/C18H14FIN2O2/c19-17-7-14(20)3-2-12(17)6-13-5-11(8-21)1-4-16(13)18(24)22-9-15(23)10-22/h1-5,7,15,23H,6,9-10H2. The minimum Gasteiger partial charge on any atom is -0.389 e. The van der Waals surface area contributed by atoms with E-state index < -0.39 is 6.10 Å². The summed E-state index contributed by atoms with van der Waals surface area (Å²) in [4.78, 5) is 14.1. The number of aliphatic hydroxyl groups excluding tert-OH is 1. The van der Waals surface area contributed by atoms with Gasteiger partial charge in [-0.15, -0.1) is 0 Å². The van der Waals surface area contributed by atoms with Crippen LogP contribution in [0.2, 0.25) is 0 Å². The van der Waals surface area contributed by atoms with Gasteiger partial charge in [0.1, 0.15) is 5.82 Å². The second kappa shape index (κ2) is 6.87. The lowest BCUT2D eigenvalue weighted by Gasteiger charge is -2.36. The molecule has 1 fully saturated rings. The Morgan fingerprint density at radius 1 is 1.29 bits per heavy atom. The van der Waals surface area contributed by atoms with Gasteiger partial charge in [0.2, 0.25) is 0 Å². The van der Waals surface area contributed by atoms with Crippen molar-refractivity contribution in [3.8, 4) is 6.07 Å². The van der Waals surface area contributed by atoms with Gasteiger partial charge >= 0.3 is 0 Å². The third kappa shape index (κ3) is 3.42. The van der Waals surface area contributed by atoms with Gasteiger partial charge in [-0.2, -0.15) is 5.26 Å². The van der Waals surface area contributed by atoms with E-state index in [4.69, 9.17) is 5.26 Å². The van der Waals surface area contributed by atoms with E-state index in [1.165, 1.54) is 6.07 Å². The Morgan fingerprint density at radius 3 is 2.67 bits per heavy atom. The molecular formula is C18H14FIN2O2. The molecule has 0 aromatic heterocycles. The average Bonchev–Trinajstić information content (AvgIpc) is 2.54. The van der Waals surface area contributed by atoms with E-state index in [-0.39, 0.29) is 18.1 Å². The summed E-state index contributed by atoms with van der Waals surface area (Å²) < 4.78 is 14.9. The number of carbonyl (C=O) groups excluding carboxylic acids is 1. The van der Waals surface area contributed by atoms with Crippen molar-refractivity contribution in [3.63, 3.8) is 0 Å². The highest BCUT2D eigenvalue weighted by Gasteiger charge is 2.30. The average molecular weight is 436 g/mol. The van der Waals surface area contributed by atoms with E-state index in [2.05, 4.69) is 0 Å². The maximum absolute atomic E-state index is 14.1. The predicted molar refractivity (Wildman–Crippen MR) is 95.0 cm³/mol. The number of nitrogens with zero attached hydrogens (tertiary/aromatic N) is 2. The van der Waals surface area contributed by atoms with E-state index in [9.17, 15) is 14.3 Å². The number of nitriles is 1. The molecule has 1 amide bonds. The molecule has 24 heavy (non-hydrogen) atoms. The van der Waals surface area contributed by atoms with Crippen molar-refractivity contribution in [2.45, 2.75) is 12.5 Å². The molecule has 6 heteroatoms. The van der Waals surface area contributed by atoms with Crippen molar-refractivity contribution in [3.05, 3.63) is 68.0 Å². The molecule has 1 aliphatic heterocycles. The van der Waals surface area contributed by atoms with E-state index in [0.717, 1.165) is 3.57 Å². The Bertz CT molecular complexity index is 841. The number of aliphatic hydroxyl groups is 1. The van der Waals surface area contributed by atoms with Crippen molar-refractivity contribution >= 4 is 28.5 Å². The Hall–Kier alpha value is -1.98. The fraction of sp³-hybridized carbons (Fsp3) is 0.222. The van der Waals surface area contributed by atoms with Crippen LogP contribution in [-0.2, 0) is 6.42 Å². The lowest BCUT2D eigenvalue weighted by atomic mass is 9.95. The van der Waals surface area contributed by atoms with E-state index in [1.54, 1.807) is 35.2 Å². The highest BCUT2D eigenvalue weighted by molar-refractivity contribution is 14.1. The molecule has 1 saturated heterocycles. The van der Waals surface area contributed by atoms with Crippen LogP contribution in [-0.4, -0.2) is 35.1 Å². The summed E-state index contributed by atoms with van der Waals surface area (Å²) in [5.41, 5.74) is 1.96. The van der Waals surface area contributed by atoms with E-state index >= 15 is 0 Å². The van der Waals surface area contributed by atoms with Crippen LogP contribution >= 0.6 is 22.6 Å². The van der Waals surface area contributed by atoms with Crippen molar-refractivity contribution in [2.75, 3.05) is 13.1 Å². The van der Waals surface area contributed by atoms with Crippen LogP contribution in [0.1, 0.15) is 27.0 Å². The molecule has 0 atom stereocenters. The lowest BCUT2D eigenvalue weighted by Crippen LogP contribution is -2.53. The van der Waals surface area contributed by atoms with Crippen LogP contribution in [0.15, 0.2) is 36.4 Å². The van der Waals surface area contributed by atoms with Crippen LogP contribution in [0.3, 0.4) is 0 Å². The number of likely N-dealkylation sites (tertiary alicyclic amines) is 1. The third-order valence-corrected chi connectivity index (χ3v) is 4.68. The van der Waals surface area contributed by atoms with Crippen LogP contribution in [0, 0.1) is 20.7 Å². The van der Waals surface area contributed by atoms with Gasteiger partial charge in [0.15, 0.2) is 0 Å². The first-order valence-corrected chi connectivity index (χ1v) is 8.50. The van der Waals surface area contributed by atoms with Crippen LogP contribution in [0.25, 0.3) is 0 Å². The Kier molecular flexibility index (Phi) is 4.83. The summed E-state index contributed by atoms with van der Waals surface area (Å²) in [7, 11) is 0. The van der Waals surface area contributed by atoms with Crippen molar-refractivity contribution in [1.29, 1.82) is 5.26 Å². The summed E-state index contributed by atoms with van der Waals surface area (Å²) in [5.74, 6) is -0.534. The second-order valence-electron chi connectivity index (χ2n) is 5.76. The van der Waals surface area contributed by atoms with Gasteiger partial charge in [0.25, 0.3) is 5.91 Å².